The lowest BCUT2D eigenvalue weighted by atomic mass is 10.2. The van der Waals surface area contributed by atoms with Crippen molar-refractivity contribution in [2.24, 2.45) is 0 Å². The molecular formula is C14H18BrNO2S. The Hall–Kier alpha value is -0.520. The number of thioether (sulfide) groups is 1. The molecule has 1 N–H and O–H groups in total. The maximum absolute atomic E-state index is 10.6. The Morgan fingerprint density at radius 1 is 1.42 bits per heavy atom. The van der Waals surface area contributed by atoms with Gasteiger partial charge in [0, 0.05) is 27.7 Å². The molecular weight excluding hydrogens is 326 g/mol. The molecule has 1 saturated heterocycles. The molecule has 5 heteroatoms. The fourth-order valence-electron chi connectivity index (χ4n) is 2.34. The second kappa shape index (κ2) is 7.31. The normalized spacial score (nSPS) is 19.7. The SMILES string of the molecule is O=C(O)CCN1CCCC1CSc1ccc(Br)cc1. The van der Waals surface area contributed by atoms with Crippen molar-refractivity contribution in [2.45, 2.75) is 30.2 Å². The lowest BCUT2D eigenvalue weighted by Crippen LogP contribution is -2.33. The summed E-state index contributed by atoms with van der Waals surface area (Å²) in [6.07, 6.45) is 2.62. The van der Waals surface area contributed by atoms with Gasteiger partial charge in [-0.05, 0) is 43.7 Å². The highest BCUT2D eigenvalue weighted by molar-refractivity contribution is 9.10. The van der Waals surface area contributed by atoms with E-state index in [2.05, 4.69) is 45.1 Å². The minimum Gasteiger partial charge on any atom is -0.481 e. The van der Waals surface area contributed by atoms with Crippen molar-refractivity contribution in [2.75, 3.05) is 18.8 Å². The molecule has 0 aromatic heterocycles. The molecule has 19 heavy (non-hydrogen) atoms. The number of rotatable bonds is 6. The first-order valence-electron chi connectivity index (χ1n) is 6.49. The molecule has 1 fully saturated rings. The smallest absolute Gasteiger partial charge is 0.304 e. The number of nitrogens with zero attached hydrogens (tertiary/aromatic N) is 1. The van der Waals surface area contributed by atoms with E-state index >= 15 is 0 Å². The highest BCUT2D eigenvalue weighted by atomic mass is 79.9. The lowest BCUT2D eigenvalue weighted by molar-refractivity contribution is -0.137. The average Bonchev–Trinajstić information content (AvgIpc) is 2.83. The second-order valence-electron chi connectivity index (χ2n) is 4.74. The molecule has 1 aromatic rings. The van der Waals surface area contributed by atoms with E-state index in [1.807, 2.05) is 11.8 Å². The molecule has 0 radical (unpaired) electrons. The Labute approximate surface area is 126 Å². The van der Waals surface area contributed by atoms with E-state index in [0.29, 0.717) is 12.6 Å². The van der Waals surface area contributed by atoms with Gasteiger partial charge in [-0.15, -0.1) is 11.8 Å². The van der Waals surface area contributed by atoms with E-state index in [1.54, 1.807) is 0 Å². The number of hydrogen-bond donors (Lipinski definition) is 1. The monoisotopic (exact) mass is 343 g/mol. The fraction of sp³-hybridized carbons (Fsp3) is 0.500. The van der Waals surface area contributed by atoms with Crippen LogP contribution in [0.15, 0.2) is 33.6 Å². The molecule has 1 unspecified atom stereocenters. The molecule has 2 rings (SSSR count). The summed E-state index contributed by atoms with van der Waals surface area (Å²) in [7, 11) is 0. The van der Waals surface area contributed by atoms with Crippen LogP contribution >= 0.6 is 27.7 Å². The number of carbonyl (C=O) groups is 1. The predicted molar refractivity (Wildman–Crippen MR) is 81.7 cm³/mol. The van der Waals surface area contributed by atoms with Crippen LogP contribution in [0.25, 0.3) is 0 Å². The molecule has 0 saturated carbocycles. The van der Waals surface area contributed by atoms with Crippen LogP contribution in [-0.4, -0.2) is 40.9 Å². The summed E-state index contributed by atoms with van der Waals surface area (Å²) in [5.74, 6) is 0.340. The molecule has 0 aliphatic carbocycles. The largest absolute Gasteiger partial charge is 0.481 e. The first kappa shape index (κ1) is 14.9. The summed E-state index contributed by atoms with van der Waals surface area (Å²) in [6, 6.07) is 8.86. The zero-order chi connectivity index (χ0) is 13.7. The third-order valence-electron chi connectivity index (χ3n) is 3.37. The molecule has 0 bridgehead atoms. The number of carboxylic acids is 1. The Bertz CT molecular complexity index is 424. The van der Waals surface area contributed by atoms with Crippen LogP contribution in [0.4, 0.5) is 0 Å². The first-order valence-corrected chi connectivity index (χ1v) is 8.27. The van der Waals surface area contributed by atoms with Crippen molar-refractivity contribution in [1.29, 1.82) is 0 Å². The van der Waals surface area contributed by atoms with Crippen LogP contribution in [0.2, 0.25) is 0 Å². The summed E-state index contributed by atoms with van der Waals surface area (Å²) in [5.41, 5.74) is 0. The number of aliphatic carboxylic acids is 1. The van der Waals surface area contributed by atoms with Crippen molar-refractivity contribution in [1.82, 2.24) is 4.90 Å². The zero-order valence-electron chi connectivity index (χ0n) is 10.7. The van der Waals surface area contributed by atoms with Gasteiger partial charge in [-0.1, -0.05) is 15.9 Å². The molecule has 1 atom stereocenters. The van der Waals surface area contributed by atoms with Crippen LogP contribution in [-0.2, 0) is 4.79 Å². The highest BCUT2D eigenvalue weighted by Crippen LogP contribution is 2.26. The minimum atomic E-state index is -0.703. The Morgan fingerprint density at radius 2 is 2.16 bits per heavy atom. The Kier molecular flexibility index (Phi) is 5.73. The van der Waals surface area contributed by atoms with E-state index in [1.165, 1.54) is 17.7 Å². The van der Waals surface area contributed by atoms with Gasteiger partial charge in [-0.2, -0.15) is 0 Å². The van der Waals surface area contributed by atoms with Crippen molar-refractivity contribution in [3.8, 4) is 0 Å². The van der Waals surface area contributed by atoms with Crippen LogP contribution in [0.1, 0.15) is 19.3 Å². The van der Waals surface area contributed by atoms with Crippen LogP contribution in [0, 0.1) is 0 Å². The van der Waals surface area contributed by atoms with Gasteiger partial charge in [0.15, 0.2) is 0 Å². The average molecular weight is 344 g/mol. The molecule has 1 heterocycles. The summed E-state index contributed by atoms with van der Waals surface area (Å²) in [5, 5.41) is 8.76. The predicted octanol–water partition coefficient (Wildman–Crippen LogP) is 3.48. The standard InChI is InChI=1S/C14H18BrNO2S/c15-11-3-5-13(6-4-11)19-10-12-2-1-8-16(12)9-7-14(17)18/h3-6,12H,1-2,7-10H2,(H,17,18). The van der Waals surface area contributed by atoms with Gasteiger partial charge in [0.1, 0.15) is 0 Å². The number of likely N-dealkylation sites (tertiary alicyclic amines) is 1. The topological polar surface area (TPSA) is 40.5 Å². The molecule has 1 aliphatic rings. The number of hydrogen-bond acceptors (Lipinski definition) is 3. The van der Waals surface area contributed by atoms with Gasteiger partial charge >= 0.3 is 5.97 Å². The van der Waals surface area contributed by atoms with E-state index in [-0.39, 0.29) is 6.42 Å². The molecule has 1 aromatic carbocycles. The fourth-order valence-corrected chi connectivity index (χ4v) is 3.70. The summed E-state index contributed by atoms with van der Waals surface area (Å²) in [4.78, 5) is 14.2. The van der Waals surface area contributed by atoms with Crippen LogP contribution in [0.3, 0.4) is 0 Å². The Balaban J connectivity index is 1.80. The third kappa shape index (κ3) is 4.82. The van der Waals surface area contributed by atoms with Crippen LogP contribution < -0.4 is 0 Å². The van der Waals surface area contributed by atoms with Gasteiger partial charge in [0.2, 0.25) is 0 Å². The van der Waals surface area contributed by atoms with Gasteiger partial charge in [0.25, 0.3) is 0 Å². The lowest BCUT2D eigenvalue weighted by Gasteiger charge is -2.23. The summed E-state index contributed by atoms with van der Waals surface area (Å²) >= 11 is 5.29. The van der Waals surface area contributed by atoms with E-state index in [4.69, 9.17) is 5.11 Å². The summed E-state index contributed by atoms with van der Waals surface area (Å²) in [6.45, 7) is 1.72. The molecule has 0 amide bonds. The number of halogens is 1. The molecule has 0 spiro atoms. The second-order valence-corrected chi connectivity index (χ2v) is 6.75. The minimum absolute atomic E-state index is 0.249. The third-order valence-corrected chi connectivity index (χ3v) is 5.05. The van der Waals surface area contributed by atoms with E-state index in [9.17, 15) is 4.79 Å². The summed E-state index contributed by atoms with van der Waals surface area (Å²) < 4.78 is 1.10. The van der Waals surface area contributed by atoms with Crippen LogP contribution in [0.5, 0.6) is 0 Å². The van der Waals surface area contributed by atoms with Gasteiger partial charge in [0.05, 0.1) is 6.42 Å². The van der Waals surface area contributed by atoms with Crippen molar-refractivity contribution in [3.05, 3.63) is 28.7 Å². The molecule has 104 valence electrons. The number of benzene rings is 1. The first-order chi connectivity index (χ1) is 9.15. The maximum atomic E-state index is 10.6. The van der Waals surface area contributed by atoms with Crippen molar-refractivity contribution in [3.63, 3.8) is 0 Å². The number of carboxylic acid groups (broad SMARTS) is 1. The van der Waals surface area contributed by atoms with Gasteiger partial charge in [-0.3, -0.25) is 9.69 Å². The van der Waals surface area contributed by atoms with Gasteiger partial charge < -0.3 is 5.11 Å². The van der Waals surface area contributed by atoms with Gasteiger partial charge in [-0.25, -0.2) is 0 Å². The Morgan fingerprint density at radius 3 is 2.84 bits per heavy atom. The maximum Gasteiger partial charge on any atom is 0.304 e. The zero-order valence-corrected chi connectivity index (χ0v) is 13.1. The van der Waals surface area contributed by atoms with Crippen molar-refractivity contribution < 1.29 is 9.90 Å². The van der Waals surface area contributed by atoms with E-state index in [0.717, 1.165) is 16.8 Å². The quantitative estimate of drug-likeness (QED) is 0.802. The van der Waals surface area contributed by atoms with E-state index < -0.39 is 5.97 Å². The molecule has 3 nitrogen and oxygen atoms in total. The molecule has 1 aliphatic heterocycles. The van der Waals surface area contributed by atoms with Crippen molar-refractivity contribution >= 4 is 33.7 Å². The highest BCUT2D eigenvalue weighted by Gasteiger charge is 2.24.